The Bertz CT molecular complexity index is 608. The smallest absolute Gasteiger partial charge is 0.407 e. The number of pyridine rings is 1. The summed E-state index contributed by atoms with van der Waals surface area (Å²) in [6.07, 6.45) is 6.34. The molecule has 0 spiro atoms. The quantitative estimate of drug-likeness (QED) is 0.890. The normalized spacial score (nSPS) is 23.6. The van der Waals surface area contributed by atoms with E-state index in [2.05, 4.69) is 9.88 Å². The van der Waals surface area contributed by atoms with Gasteiger partial charge in [0.2, 0.25) is 5.91 Å². The Balaban J connectivity index is 1.44. The van der Waals surface area contributed by atoms with Gasteiger partial charge in [0, 0.05) is 63.8 Å². The third kappa shape index (κ3) is 4.45. The zero-order valence-electron chi connectivity index (χ0n) is 15.4. The van der Waals surface area contributed by atoms with E-state index in [4.69, 9.17) is 5.11 Å². The third-order valence-corrected chi connectivity index (χ3v) is 5.67. The van der Waals surface area contributed by atoms with Gasteiger partial charge in [-0.3, -0.25) is 9.78 Å². The molecule has 1 aromatic heterocycles. The van der Waals surface area contributed by atoms with Crippen LogP contribution < -0.4 is 4.90 Å². The molecule has 2 heterocycles. The van der Waals surface area contributed by atoms with Crippen LogP contribution in [0.2, 0.25) is 0 Å². The summed E-state index contributed by atoms with van der Waals surface area (Å²) in [5, 5.41) is 8.98. The number of rotatable bonds is 4. The summed E-state index contributed by atoms with van der Waals surface area (Å²) in [5.74, 6) is 0.766. The van der Waals surface area contributed by atoms with Crippen molar-refractivity contribution in [1.82, 2.24) is 14.8 Å². The molecule has 2 fully saturated rings. The maximum Gasteiger partial charge on any atom is 0.407 e. The standard InChI is InChI=1S/C19H28N4O3/c1-21(19(25)26)14-15-2-4-16(5-3-15)18(24)23-12-10-22(11-13-23)17-6-8-20-9-7-17/h6-9,15-16H,2-5,10-14H2,1H3,(H,25,26)/t15-,16+. The van der Waals surface area contributed by atoms with E-state index in [0.717, 1.165) is 57.5 Å². The lowest BCUT2D eigenvalue weighted by Gasteiger charge is -2.39. The highest BCUT2D eigenvalue weighted by molar-refractivity contribution is 5.79. The summed E-state index contributed by atoms with van der Waals surface area (Å²) < 4.78 is 0. The van der Waals surface area contributed by atoms with Gasteiger partial charge in [0.15, 0.2) is 0 Å². The van der Waals surface area contributed by atoms with Gasteiger partial charge in [-0.25, -0.2) is 4.79 Å². The molecule has 1 N–H and O–H groups in total. The number of carbonyl (C=O) groups is 2. The summed E-state index contributed by atoms with van der Waals surface area (Å²) in [5.41, 5.74) is 1.16. The van der Waals surface area contributed by atoms with Crippen LogP contribution in [0.1, 0.15) is 25.7 Å². The molecule has 1 saturated heterocycles. The highest BCUT2D eigenvalue weighted by atomic mass is 16.4. The lowest BCUT2D eigenvalue weighted by molar-refractivity contribution is -0.137. The van der Waals surface area contributed by atoms with Gasteiger partial charge in [0.25, 0.3) is 0 Å². The van der Waals surface area contributed by atoms with Crippen molar-refractivity contribution in [3.8, 4) is 0 Å². The molecule has 7 nitrogen and oxygen atoms in total. The van der Waals surface area contributed by atoms with Crippen molar-refractivity contribution < 1.29 is 14.7 Å². The zero-order valence-corrected chi connectivity index (χ0v) is 15.4. The van der Waals surface area contributed by atoms with Gasteiger partial charge in [-0.15, -0.1) is 0 Å². The minimum Gasteiger partial charge on any atom is -0.465 e. The molecule has 2 amide bonds. The Morgan fingerprint density at radius 2 is 1.73 bits per heavy atom. The molecule has 0 unspecified atom stereocenters. The molecular formula is C19H28N4O3. The molecule has 0 aromatic carbocycles. The average Bonchev–Trinajstić information content (AvgIpc) is 2.69. The van der Waals surface area contributed by atoms with E-state index in [1.165, 1.54) is 4.90 Å². The number of aromatic nitrogens is 1. The monoisotopic (exact) mass is 360 g/mol. The van der Waals surface area contributed by atoms with Gasteiger partial charge in [-0.1, -0.05) is 0 Å². The second-order valence-corrected chi connectivity index (χ2v) is 7.40. The Hall–Kier alpha value is -2.31. The molecule has 2 aliphatic rings. The summed E-state index contributed by atoms with van der Waals surface area (Å²) in [6, 6.07) is 4.01. The van der Waals surface area contributed by atoms with Crippen molar-refractivity contribution >= 4 is 17.7 Å². The van der Waals surface area contributed by atoms with Crippen molar-refractivity contribution in [3.63, 3.8) is 0 Å². The van der Waals surface area contributed by atoms with Crippen LogP contribution in [0.25, 0.3) is 0 Å². The Morgan fingerprint density at radius 3 is 2.31 bits per heavy atom. The first-order valence-corrected chi connectivity index (χ1v) is 9.42. The van der Waals surface area contributed by atoms with Gasteiger partial charge < -0.3 is 19.8 Å². The molecular weight excluding hydrogens is 332 g/mol. The number of hydrogen-bond acceptors (Lipinski definition) is 4. The SMILES string of the molecule is CN(C[C@H]1CC[C@@H](C(=O)N2CCN(c3ccncc3)CC2)CC1)C(=O)O. The fourth-order valence-electron chi connectivity index (χ4n) is 4.06. The van der Waals surface area contributed by atoms with Crippen molar-refractivity contribution in [2.75, 3.05) is 44.7 Å². The lowest BCUT2D eigenvalue weighted by atomic mass is 9.81. The second-order valence-electron chi connectivity index (χ2n) is 7.40. The number of nitrogens with zero attached hydrogens (tertiary/aromatic N) is 4. The molecule has 3 rings (SSSR count). The molecule has 7 heteroatoms. The maximum absolute atomic E-state index is 12.8. The van der Waals surface area contributed by atoms with Crippen molar-refractivity contribution in [2.45, 2.75) is 25.7 Å². The van der Waals surface area contributed by atoms with Crippen LogP contribution in [0.15, 0.2) is 24.5 Å². The number of piperazine rings is 1. The predicted octanol–water partition coefficient (Wildman–Crippen LogP) is 2.15. The summed E-state index contributed by atoms with van der Waals surface area (Å²) in [4.78, 5) is 33.5. The van der Waals surface area contributed by atoms with Crippen LogP contribution in [0.3, 0.4) is 0 Å². The molecule has 1 aromatic rings. The highest BCUT2D eigenvalue weighted by Gasteiger charge is 2.31. The van der Waals surface area contributed by atoms with Crippen LogP contribution >= 0.6 is 0 Å². The maximum atomic E-state index is 12.8. The number of amides is 2. The van der Waals surface area contributed by atoms with Crippen LogP contribution in [-0.4, -0.2) is 71.7 Å². The highest BCUT2D eigenvalue weighted by Crippen LogP contribution is 2.31. The zero-order chi connectivity index (χ0) is 18.5. The lowest BCUT2D eigenvalue weighted by Crippen LogP contribution is -2.50. The van der Waals surface area contributed by atoms with E-state index >= 15 is 0 Å². The molecule has 1 aliphatic carbocycles. The van der Waals surface area contributed by atoms with Gasteiger partial charge in [-0.2, -0.15) is 0 Å². The molecule has 26 heavy (non-hydrogen) atoms. The number of carbonyl (C=O) groups excluding carboxylic acids is 1. The molecule has 1 saturated carbocycles. The van der Waals surface area contributed by atoms with Crippen LogP contribution in [0.5, 0.6) is 0 Å². The van der Waals surface area contributed by atoms with E-state index in [9.17, 15) is 9.59 Å². The van der Waals surface area contributed by atoms with Crippen molar-refractivity contribution in [1.29, 1.82) is 0 Å². The van der Waals surface area contributed by atoms with Crippen molar-refractivity contribution in [2.24, 2.45) is 11.8 Å². The van der Waals surface area contributed by atoms with E-state index in [0.29, 0.717) is 12.5 Å². The number of anilines is 1. The van der Waals surface area contributed by atoms with Gasteiger partial charge in [0.05, 0.1) is 0 Å². The van der Waals surface area contributed by atoms with Crippen LogP contribution in [0, 0.1) is 11.8 Å². The predicted molar refractivity (Wildman–Crippen MR) is 99.1 cm³/mol. The van der Waals surface area contributed by atoms with E-state index in [1.807, 2.05) is 17.0 Å². The van der Waals surface area contributed by atoms with Crippen molar-refractivity contribution in [3.05, 3.63) is 24.5 Å². The second kappa shape index (κ2) is 8.38. The number of hydrogen-bond donors (Lipinski definition) is 1. The topological polar surface area (TPSA) is 77.0 Å². The Morgan fingerprint density at radius 1 is 1.12 bits per heavy atom. The molecule has 0 bridgehead atoms. The average molecular weight is 360 g/mol. The third-order valence-electron chi connectivity index (χ3n) is 5.67. The Labute approximate surface area is 154 Å². The fourth-order valence-corrected chi connectivity index (χ4v) is 4.06. The molecule has 1 aliphatic heterocycles. The largest absolute Gasteiger partial charge is 0.465 e. The number of carboxylic acid groups (broad SMARTS) is 1. The first kappa shape index (κ1) is 18.5. The summed E-state index contributed by atoms with van der Waals surface area (Å²) >= 11 is 0. The van der Waals surface area contributed by atoms with E-state index in [1.54, 1.807) is 19.4 Å². The van der Waals surface area contributed by atoms with Gasteiger partial charge >= 0.3 is 6.09 Å². The first-order valence-electron chi connectivity index (χ1n) is 9.42. The van der Waals surface area contributed by atoms with Gasteiger partial charge in [-0.05, 0) is 43.7 Å². The minimum atomic E-state index is -0.879. The molecule has 0 radical (unpaired) electrons. The summed E-state index contributed by atoms with van der Waals surface area (Å²) in [6.45, 7) is 3.82. The van der Waals surface area contributed by atoms with Crippen LogP contribution in [-0.2, 0) is 4.79 Å². The molecule has 0 atom stereocenters. The fraction of sp³-hybridized carbons (Fsp3) is 0.632. The molecule has 142 valence electrons. The minimum absolute atomic E-state index is 0.105. The van der Waals surface area contributed by atoms with Crippen LogP contribution in [0.4, 0.5) is 10.5 Å². The first-order chi connectivity index (χ1) is 12.5. The van der Waals surface area contributed by atoms with Gasteiger partial charge in [0.1, 0.15) is 0 Å². The van der Waals surface area contributed by atoms with E-state index in [-0.39, 0.29) is 11.8 Å². The van der Waals surface area contributed by atoms with E-state index < -0.39 is 6.09 Å². The Kier molecular flexibility index (Phi) is 5.96. The summed E-state index contributed by atoms with van der Waals surface area (Å²) in [7, 11) is 1.61.